The number of aliphatic hydroxyl groups is 2. The molecule has 0 aliphatic rings. The maximum Gasteiger partial charge on any atom is 0.0592 e. The van der Waals surface area contributed by atoms with E-state index in [1.165, 1.54) is 32.1 Å². The van der Waals surface area contributed by atoms with Crippen LogP contribution in [-0.2, 0) is 0 Å². The van der Waals surface area contributed by atoms with Gasteiger partial charge in [-0.25, -0.2) is 0 Å². The van der Waals surface area contributed by atoms with Crippen LogP contribution in [0.15, 0.2) is 0 Å². The minimum atomic E-state index is -0.637. The molecule has 0 radical (unpaired) electrons. The third-order valence-electron chi connectivity index (χ3n) is 2.98. The first-order chi connectivity index (χ1) is 7.45. The summed E-state index contributed by atoms with van der Waals surface area (Å²) in [7, 11) is 0. The molecule has 0 fully saturated rings. The number of unbranched alkanes of at least 4 members (excludes halogenated alkanes) is 5. The van der Waals surface area contributed by atoms with Gasteiger partial charge in [0, 0.05) is 0 Å². The highest BCUT2D eigenvalue weighted by Crippen LogP contribution is 2.16. The lowest BCUT2D eigenvalue weighted by Crippen LogP contribution is -2.21. The van der Waals surface area contributed by atoms with E-state index in [4.69, 9.17) is 0 Å². The van der Waals surface area contributed by atoms with Crippen LogP contribution in [0.25, 0.3) is 0 Å². The predicted octanol–water partition coefficient (Wildman–Crippen LogP) is 3.65. The zero-order chi connectivity index (χ0) is 12.4. The highest BCUT2D eigenvalue weighted by molar-refractivity contribution is 4.68. The lowest BCUT2D eigenvalue weighted by Gasteiger charge is -2.19. The van der Waals surface area contributed by atoms with E-state index in [-0.39, 0.29) is 6.10 Å². The van der Waals surface area contributed by atoms with Gasteiger partial charge in [0.15, 0.2) is 0 Å². The molecule has 0 amide bonds. The monoisotopic (exact) mass is 230 g/mol. The van der Waals surface area contributed by atoms with Gasteiger partial charge in [0.05, 0.1) is 11.7 Å². The van der Waals surface area contributed by atoms with E-state index in [0.717, 1.165) is 19.3 Å². The van der Waals surface area contributed by atoms with Crippen molar-refractivity contribution in [3.8, 4) is 0 Å². The summed E-state index contributed by atoms with van der Waals surface area (Å²) < 4.78 is 0. The predicted molar refractivity (Wildman–Crippen MR) is 69.5 cm³/mol. The Morgan fingerprint density at radius 2 is 1.50 bits per heavy atom. The highest BCUT2D eigenvalue weighted by Gasteiger charge is 2.14. The molecular weight excluding hydrogens is 200 g/mol. The summed E-state index contributed by atoms with van der Waals surface area (Å²) >= 11 is 0. The third kappa shape index (κ3) is 12.0. The summed E-state index contributed by atoms with van der Waals surface area (Å²) in [6.07, 6.45) is 9.68. The first-order valence-electron chi connectivity index (χ1n) is 6.86. The Bertz CT molecular complexity index is 149. The van der Waals surface area contributed by atoms with Crippen LogP contribution in [0.2, 0.25) is 0 Å². The fourth-order valence-corrected chi connectivity index (χ4v) is 1.82. The first-order valence-corrected chi connectivity index (χ1v) is 6.86. The molecule has 1 atom stereocenters. The smallest absolute Gasteiger partial charge is 0.0592 e. The summed E-state index contributed by atoms with van der Waals surface area (Å²) in [6, 6.07) is 0. The molecule has 0 heterocycles. The van der Waals surface area contributed by atoms with Crippen molar-refractivity contribution < 1.29 is 10.2 Å². The summed E-state index contributed by atoms with van der Waals surface area (Å²) in [6.45, 7) is 5.81. The first kappa shape index (κ1) is 15.9. The zero-order valence-electron chi connectivity index (χ0n) is 11.3. The van der Waals surface area contributed by atoms with Crippen molar-refractivity contribution in [2.75, 3.05) is 0 Å². The Kier molecular flexibility index (Phi) is 8.96. The molecule has 0 spiro atoms. The van der Waals surface area contributed by atoms with E-state index < -0.39 is 5.60 Å². The molecule has 0 aromatic rings. The molecule has 16 heavy (non-hydrogen) atoms. The molecule has 2 N–H and O–H groups in total. The second kappa shape index (κ2) is 9.00. The molecule has 98 valence electrons. The molecule has 0 aliphatic carbocycles. The van der Waals surface area contributed by atoms with E-state index >= 15 is 0 Å². The minimum Gasteiger partial charge on any atom is -0.393 e. The fourth-order valence-electron chi connectivity index (χ4n) is 1.82. The molecule has 0 aromatic heterocycles. The highest BCUT2D eigenvalue weighted by atomic mass is 16.3. The van der Waals surface area contributed by atoms with Crippen molar-refractivity contribution in [2.45, 2.75) is 90.3 Å². The maximum absolute atomic E-state index is 9.70. The van der Waals surface area contributed by atoms with Crippen LogP contribution in [0.5, 0.6) is 0 Å². The second-order valence-corrected chi connectivity index (χ2v) is 5.56. The average Bonchev–Trinajstić information content (AvgIpc) is 2.19. The van der Waals surface area contributed by atoms with Gasteiger partial charge in [-0.1, -0.05) is 45.4 Å². The van der Waals surface area contributed by atoms with Crippen LogP contribution in [0.1, 0.15) is 78.6 Å². The molecular formula is C14H30O2. The Morgan fingerprint density at radius 3 is 2.06 bits per heavy atom. The van der Waals surface area contributed by atoms with Gasteiger partial charge in [-0.3, -0.25) is 0 Å². The Labute approximate surface area is 101 Å². The molecule has 2 nitrogen and oxygen atoms in total. The SMILES string of the molecule is CCCCCCCC[C@H](O)CCC(C)(C)O. The van der Waals surface area contributed by atoms with Crippen LogP contribution < -0.4 is 0 Å². The number of aliphatic hydroxyl groups excluding tert-OH is 1. The normalized spacial score (nSPS) is 14.1. The summed E-state index contributed by atoms with van der Waals surface area (Å²) in [4.78, 5) is 0. The molecule has 0 aliphatic heterocycles. The fraction of sp³-hybridized carbons (Fsp3) is 1.00. The van der Waals surface area contributed by atoms with E-state index in [2.05, 4.69) is 6.92 Å². The van der Waals surface area contributed by atoms with Crippen molar-refractivity contribution in [3.63, 3.8) is 0 Å². The molecule has 0 saturated carbocycles. The van der Waals surface area contributed by atoms with Crippen LogP contribution >= 0.6 is 0 Å². The average molecular weight is 230 g/mol. The summed E-state index contributed by atoms with van der Waals surface area (Å²) in [5.74, 6) is 0. The third-order valence-corrected chi connectivity index (χ3v) is 2.98. The quantitative estimate of drug-likeness (QED) is 0.562. The summed E-state index contributed by atoms with van der Waals surface area (Å²) in [5, 5.41) is 19.2. The van der Waals surface area contributed by atoms with Gasteiger partial charge in [-0.05, 0) is 33.1 Å². The Hall–Kier alpha value is -0.0800. The van der Waals surface area contributed by atoms with Crippen molar-refractivity contribution in [1.29, 1.82) is 0 Å². The van der Waals surface area contributed by atoms with Gasteiger partial charge in [-0.15, -0.1) is 0 Å². The van der Waals surface area contributed by atoms with Gasteiger partial charge >= 0.3 is 0 Å². The van der Waals surface area contributed by atoms with E-state index in [1.807, 2.05) is 0 Å². The van der Waals surface area contributed by atoms with E-state index in [9.17, 15) is 10.2 Å². The Balaban J connectivity index is 3.27. The molecule has 0 aromatic carbocycles. The largest absolute Gasteiger partial charge is 0.393 e. The van der Waals surface area contributed by atoms with Gasteiger partial charge in [-0.2, -0.15) is 0 Å². The van der Waals surface area contributed by atoms with Crippen LogP contribution in [0.4, 0.5) is 0 Å². The van der Waals surface area contributed by atoms with Gasteiger partial charge in [0.2, 0.25) is 0 Å². The molecule has 0 bridgehead atoms. The minimum absolute atomic E-state index is 0.224. The standard InChI is InChI=1S/C14H30O2/c1-4-5-6-7-8-9-10-13(15)11-12-14(2,3)16/h13,15-16H,4-12H2,1-3H3/t13-/m0/s1. The lowest BCUT2D eigenvalue weighted by molar-refractivity contribution is 0.0465. The molecule has 0 unspecified atom stereocenters. The summed E-state index contributed by atoms with van der Waals surface area (Å²) in [5.41, 5.74) is -0.637. The van der Waals surface area contributed by atoms with Gasteiger partial charge in [0.25, 0.3) is 0 Å². The van der Waals surface area contributed by atoms with Gasteiger partial charge < -0.3 is 10.2 Å². The zero-order valence-corrected chi connectivity index (χ0v) is 11.3. The topological polar surface area (TPSA) is 40.5 Å². The van der Waals surface area contributed by atoms with Crippen molar-refractivity contribution >= 4 is 0 Å². The van der Waals surface area contributed by atoms with Crippen molar-refractivity contribution in [1.82, 2.24) is 0 Å². The molecule has 2 heteroatoms. The lowest BCUT2D eigenvalue weighted by atomic mass is 9.97. The molecule has 0 saturated heterocycles. The van der Waals surface area contributed by atoms with Crippen molar-refractivity contribution in [2.24, 2.45) is 0 Å². The van der Waals surface area contributed by atoms with E-state index in [0.29, 0.717) is 6.42 Å². The van der Waals surface area contributed by atoms with Crippen LogP contribution in [-0.4, -0.2) is 21.9 Å². The van der Waals surface area contributed by atoms with Crippen molar-refractivity contribution in [3.05, 3.63) is 0 Å². The van der Waals surface area contributed by atoms with Gasteiger partial charge in [0.1, 0.15) is 0 Å². The number of rotatable bonds is 10. The number of hydrogen-bond donors (Lipinski definition) is 2. The maximum atomic E-state index is 9.70. The van der Waals surface area contributed by atoms with Crippen LogP contribution in [0, 0.1) is 0 Å². The number of hydrogen-bond acceptors (Lipinski definition) is 2. The van der Waals surface area contributed by atoms with Crippen LogP contribution in [0.3, 0.4) is 0 Å². The second-order valence-electron chi connectivity index (χ2n) is 5.56. The van der Waals surface area contributed by atoms with E-state index in [1.54, 1.807) is 13.8 Å². The molecule has 0 rings (SSSR count). The Morgan fingerprint density at radius 1 is 0.938 bits per heavy atom.